The van der Waals surface area contributed by atoms with Gasteiger partial charge in [0.15, 0.2) is 6.61 Å². The van der Waals surface area contributed by atoms with Crippen LogP contribution < -0.4 is 15.4 Å². The maximum Gasteiger partial charge on any atom is 0.290 e. The van der Waals surface area contributed by atoms with Crippen molar-refractivity contribution in [2.24, 2.45) is 0 Å². The summed E-state index contributed by atoms with van der Waals surface area (Å²) in [6.07, 6.45) is 1.54. The fraction of sp³-hybridized carbons (Fsp3) is 0.0556. The third-order valence-electron chi connectivity index (χ3n) is 3.41. The van der Waals surface area contributed by atoms with Crippen LogP contribution in [0.2, 0.25) is 5.02 Å². The molecule has 0 radical (unpaired) electrons. The maximum atomic E-state index is 12.1. The average Bonchev–Trinajstić information content (AvgIpc) is 2.93. The summed E-state index contributed by atoms with van der Waals surface area (Å²) in [7, 11) is 0. The van der Waals surface area contributed by atoms with E-state index in [9.17, 15) is 14.4 Å². The van der Waals surface area contributed by atoms with Gasteiger partial charge >= 0.3 is 0 Å². The molecule has 1 heterocycles. The van der Waals surface area contributed by atoms with Gasteiger partial charge in [-0.05, 0) is 48.2 Å². The van der Waals surface area contributed by atoms with Crippen molar-refractivity contribution in [2.75, 3.05) is 11.9 Å². The molecule has 1 saturated heterocycles. The molecule has 0 unspecified atom stereocenters. The minimum absolute atomic E-state index is 0.249. The van der Waals surface area contributed by atoms with Gasteiger partial charge in [-0.2, -0.15) is 0 Å². The molecular weight excluding hydrogens is 456 g/mol. The summed E-state index contributed by atoms with van der Waals surface area (Å²) >= 11 is 10.2. The van der Waals surface area contributed by atoms with Gasteiger partial charge in [0.1, 0.15) is 5.75 Å². The smallest absolute Gasteiger partial charge is 0.290 e. The number of anilines is 1. The molecular formula is C18H12BrClN2O4S. The topological polar surface area (TPSA) is 84.5 Å². The monoisotopic (exact) mass is 466 g/mol. The maximum absolute atomic E-state index is 12.1. The standard InChI is InChI=1S/C18H12BrClN2O4S/c19-11-5-6-14(10(7-11)8-15-17(24)22-18(25)27-15)26-9-16(23)21-13-4-2-1-3-12(13)20/h1-8H,9H2,(H,21,23)(H,22,24,25)/b15-8-. The summed E-state index contributed by atoms with van der Waals surface area (Å²) in [4.78, 5) is 35.4. The molecule has 1 aliphatic heterocycles. The fourth-order valence-corrected chi connectivity index (χ4v) is 3.45. The van der Waals surface area contributed by atoms with Crippen LogP contribution in [0.5, 0.6) is 5.75 Å². The van der Waals surface area contributed by atoms with Crippen LogP contribution in [-0.4, -0.2) is 23.7 Å². The number of hydrogen-bond acceptors (Lipinski definition) is 5. The molecule has 0 atom stereocenters. The van der Waals surface area contributed by atoms with Crippen LogP contribution in [0, 0.1) is 0 Å². The molecule has 138 valence electrons. The molecule has 3 amide bonds. The number of nitrogens with one attached hydrogen (secondary N) is 2. The quantitative estimate of drug-likeness (QED) is 0.635. The Kier molecular flexibility index (Phi) is 6.20. The summed E-state index contributed by atoms with van der Waals surface area (Å²) in [5.41, 5.74) is 1.05. The van der Waals surface area contributed by atoms with E-state index in [1.165, 1.54) is 6.08 Å². The van der Waals surface area contributed by atoms with E-state index in [-0.39, 0.29) is 17.4 Å². The minimum atomic E-state index is -0.465. The highest BCUT2D eigenvalue weighted by Gasteiger charge is 2.25. The van der Waals surface area contributed by atoms with Gasteiger partial charge in [-0.25, -0.2) is 0 Å². The van der Waals surface area contributed by atoms with Crippen molar-refractivity contribution in [1.29, 1.82) is 0 Å². The molecule has 1 aliphatic rings. The van der Waals surface area contributed by atoms with E-state index in [1.54, 1.807) is 42.5 Å². The molecule has 2 aromatic carbocycles. The van der Waals surface area contributed by atoms with Gasteiger partial charge in [-0.3, -0.25) is 19.7 Å². The van der Waals surface area contributed by atoms with Gasteiger partial charge in [0.2, 0.25) is 0 Å². The molecule has 6 nitrogen and oxygen atoms in total. The predicted molar refractivity (Wildman–Crippen MR) is 109 cm³/mol. The molecule has 0 aliphatic carbocycles. The number of amides is 3. The number of halogens is 2. The molecule has 0 bridgehead atoms. The highest BCUT2D eigenvalue weighted by molar-refractivity contribution is 9.10. The predicted octanol–water partition coefficient (Wildman–Crippen LogP) is 4.44. The minimum Gasteiger partial charge on any atom is -0.483 e. The van der Waals surface area contributed by atoms with Gasteiger partial charge in [-0.15, -0.1) is 0 Å². The second kappa shape index (κ2) is 8.60. The van der Waals surface area contributed by atoms with Crippen LogP contribution in [0.4, 0.5) is 10.5 Å². The Labute approximate surface area is 172 Å². The van der Waals surface area contributed by atoms with Crippen LogP contribution in [-0.2, 0) is 9.59 Å². The van der Waals surface area contributed by atoms with Crippen molar-refractivity contribution in [2.45, 2.75) is 0 Å². The van der Waals surface area contributed by atoms with E-state index in [2.05, 4.69) is 26.6 Å². The lowest BCUT2D eigenvalue weighted by Crippen LogP contribution is -2.20. The molecule has 0 saturated carbocycles. The summed E-state index contributed by atoms with van der Waals surface area (Å²) in [5.74, 6) is -0.451. The summed E-state index contributed by atoms with van der Waals surface area (Å²) in [6.45, 7) is -0.249. The molecule has 9 heteroatoms. The first-order valence-electron chi connectivity index (χ1n) is 7.64. The van der Waals surface area contributed by atoms with E-state index in [1.807, 2.05) is 0 Å². The van der Waals surface area contributed by atoms with Crippen molar-refractivity contribution in [3.05, 3.63) is 62.4 Å². The van der Waals surface area contributed by atoms with Crippen LogP contribution in [0.1, 0.15) is 5.56 Å². The van der Waals surface area contributed by atoms with Crippen molar-refractivity contribution < 1.29 is 19.1 Å². The molecule has 2 N–H and O–H groups in total. The number of ether oxygens (including phenoxy) is 1. The number of para-hydroxylation sites is 1. The third kappa shape index (κ3) is 5.12. The summed E-state index contributed by atoms with van der Waals surface area (Å²) in [5, 5.41) is 4.85. The molecule has 27 heavy (non-hydrogen) atoms. The molecule has 1 fully saturated rings. The van der Waals surface area contributed by atoms with Crippen LogP contribution >= 0.6 is 39.3 Å². The summed E-state index contributed by atoms with van der Waals surface area (Å²) < 4.78 is 6.35. The SMILES string of the molecule is O=C(COc1ccc(Br)cc1/C=C1\SC(=O)NC1=O)Nc1ccccc1Cl. The lowest BCUT2D eigenvalue weighted by molar-refractivity contribution is -0.118. The highest BCUT2D eigenvalue weighted by Crippen LogP contribution is 2.31. The van der Waals surface area contributed by atoms with Gasteiger partial charge in [0.05, 0.1) is 15.6 Å². The van der Waals surface area contributed by atoms with E-state index < -0.39 is 11.1 Å². The van der Waals surface area contributed by atoms with E-state index in [0.29, 0.717) is 22.0 Å². The van der Waals surface area contributed by atoms with Crippen molar-refractivity contribution in [1.82, 2.24) is 5.32 Å². The average molecular weight is 468 g/mol. The van der Waals surface area contributed by atoms with Crippen molar-refractivity contribution in [3.63, 3.8) is 0 Å². The third-order valence-corrected chi connectivity index (χ3v) is 5.04. The Balaban J connectivity index is 1.73. The van der Waals surface area contributed by atoms with E-state index in [0.717, 1.165) is 16.2 Å². The zero-order chi connectivity index (χ0) is 19.4. The van der Waals surface area contributed by atoms with Crippen LogP contribution in [0.25, 0.3) is 6.08 Å². The first-order valence-corrected chi connectivity index (χ1v) is 9.63. The van der Waals surface area contributed by atoms with Crippen molar-refractivity contribution >= 4 is 68.1 Å². The zero-order valence-electron chi connectivity index (χ0n) is 13.6. The number of hydrogen-bond donors (Lipinski definition) is 2. The van der Waals surface area contributed by atoms with Gasteiger partial charge in [0, 0.05) is 10.0 Å². The molecule has 0 spiro atoms. The second-order valence-corrected chi connectivity index (χ2v) is 7.69. The molecule has 3 rings (SSSR count). The molecule has 2 aromatic rings. The number of imide groups is 1. The Hall–Kier alpha value is -2.29. The normalized spacial score (nSPS) is 15.0. The first kappa shape index (κ1) is 19.5. The number of carbonyl (C=O) groups is 3. The Morgan fingerprint density at radius 3 is 2.74 bits per heavy atom. The van der Waals surface area contributed by atoms with Gasteiger partial charge in [-0.1, -0.05) is 39.7 Å². The van der Waals surface area contributed by atoms with Crippen LogP contribution in [0.3, 0.4) is 0 Å². The lowest BCUT2D eigenvalue weighted by Gasteiger charge is -2.11. The van der Waals surface area contributed by atoms with Crippen molar-refractivity contribution in [3.8, 4) is 5.75 Å². The zero-order valence-corrected chi connectivity index (χ0v) is 16.8. The Morgan fingerprint density at radius 1 is 1.26 bits per heavy atom. The Bertz CT molecular complexity index is 964. The van der Waals surface area contributed by atoms with E-state index >= 15 is 0 Å². The fourth-order valence-electron chi connectivity index (χ4n) is 2.22. The number of rotatable bonds is 5. The molecule has 0 aromatic heterocycles. The van der Waals surface area contributed by atoms with E-state index in [4.69, 9.17) is 16.3 Å². The number of thioether (sulfide) groups is 1. The van der Waals surface area contributed by atoms with Gasteiger partial charge in [0.25, 0.3) is 17.1 Å². The second-order valence-electron chi connectivity index (χ2n) is 5.35. The summed E-state index contributed by atoms with van der Waals surface area (Å²) in [6, 6.07) is 12.0. The number of carbonyl (C=O) groups excluding carboxylic acids is 3. The largest absolute Gasteiger partial charge is 0.483 e. The Morgan fingerprint density at radius 2 is 2.04 bits per heavy atom. The highest BCUT2D eigenvalue weighted by atomic mass is 79.9. The first-order chi connectivity index (χ1) is 12.9. The lowest BCUT2D eigenvalue weighted by atomic mass is 10.2. The number of benzene rings is 2. The van der Waals surface area contributed by atoms with Gasteiger partial charge < -0.3 is 10.1 Å². The van der Waals surface area contributed by atoms with Crippen LogP contribution in [0.15, 0.2) is 51.8 Å².